The summed E-state index contributed by atoms with van der Waals surface area (Å²) in [5, 5.41) is 3.37. The number of nitrogens with one attached hydrogen (secondary N) is 1. The number of hydrogen-bond acceptors (Lipinski definition) is 4. The molecule has 3 heterocycles. The van der Waals surface area contributed by atoms with Crippen molar-refractivity contribution in [3.05, 3.63) is 58.2 Å². The van der Waals surface area contributed by atoms with Gasteiger partial charge in [-0.1, -0.05) is 18.2 Å². The number of amides is 1. The van der Waals surface area contributed by atoms with Gasteiger partial charge in [0, 0.05) is 56.0 Å². The fourth-order valence-corrected chi connectivity index (χ4v) is 5.05. The molecule has 5 rings (SSSR count). The molecule has 152 valence electrons. The van der Waals surface area contributed by atoms with E-state index in [-0.39, 0.29) is 11.8 Å². The number of carbonyl (C=O) groups is 1. The first-order valence-corrected chi connectivity index (χ1v) is 11.2. The Hall–Kier alpha value is -2.27. The number of piperidine rings is 1. The van der Waals surface area contributed by atoms with Gasteiger partial charge in [0.2, 0.25) is 5.91 Å². The Morgan fingerprint density at radius 1 is 1.10 bits per heavy atom. The lowest BCUT2D eigenvalue weighted by molar-refractivity contribution is -0.131. The summed E-state index contributed by atoms with van der Waals surface area (Å²) in [5.74, 6) is 1.43. The highest BCUT2D eigenvalue weighted by Crippen LogP contribution is 2.27. The lowest BCUT2D eigenvalue weighted by atomic mass is 9.89. The Morgan fingerprint density at radius 3 is 2.93 bits per heavy atom. The van der Waals surface area contributed by atoms with Crippen LogP contribution in [0.15, 0.2) is 24.4 Å². The Kier molecular flexibility index (Phi) is 5.32. The van der Waals surface area contributed by atoms with Crippen LogP contribution in [0.1, 0.15) is 65.4 Å². The predicted molar refractivity (Wildman–Crippen MR) is 113 cm³/mol. The minimum Gasteiger partial charge on any atom is -0.342 e. The maximum Gasteiger partial charge on any atom is 0.227 e. The summed E-state index contributed by atoms with van der Waals surface area (Å²) in [6.45, 7) is 3.46. The van der Waals surface area contributed by atoms with Crippen LogP contribution < -0.4 is 5.32 Å². The second-order valence-corrected chi connectivity index (χ2v) is 8.79. The summed E-state index contributed by atoms with van der Waals surface area (Å²) in [4.78, 5) is 24.6. The summed E-state index contributed by atoms with van der Waals surface area (Å²) in [6.07, 6.45) is 10.5. The van der Waals surface area contributed by atoms with Crippen molar-refractivity contribution in [1.82, 2.24) is 20.2 Å². The van der Waals surface area contributed by atoms with Gasteiger partial charge in [0.05, 0.1) is 6.42 Å². The number of benzene rings is 1. The van der Waals surface area contributed by atoms with Crippen molar-refractivity contribution >= 4 is 5.91 Å². The van der Waals surface area contributed by atoms with Gasteiger partial charge in [0.25, 0.3) is 0 Å². The lowest BCUT2D eigenvalue weighted by Crippen LogP contribution is -2.40. The fraction of sp³-hybridized carbons (Fsp3) is 0.542. The molecular weight excluding hydrogens is 360 g/mol. The molecule has 1 N–H and O–H groups in total. The first kappa shape index (κ1) is 18.7. The van der Waals surface area contributed by atoms with E-state index in [0.29, 0.717) is 6.42 Å². The summed E-state index contributed by atoms with van der Waals surface area (Å²) in [7, 11) is 0. The molecule has 1 fully saturated rings. The molecule has 2 aliphatic heterocycles. The van der Waals surface area contributed by atoms with E-state index < -0.39 is 0 Å². The maximum atomic E-state index is 13.0. The lowest BCUT2D eigenvalue weighted by Gasteiger charge is -2.32. The van der Waals surface area contributed by atoms with Crippen molar-refractivity contribution in [1.29, 1.82) is 0 Å². The van der Waals surface area contributed by atoms with Gasteiger partial charge in [-0.3, -0.25) is 4.79 Å². The molecule has 5 heteroatoms. The molecular formula is C24H30N4O. The first-order valence-electron chi connectivity index (χ1n) is 11.2. The molecule has 29 heavy (non-hydrogen) atoms. The normalized spacial score (nSPS) is 21.4. The molecule has 1 atom stereocenters. The van der Waals surface area contributed by atoms with Crippen molar-refractivity contribution in [2.75, 3.05) is 19.6 Å². The highest BCUT2D eigenvalue weighted by molar-refractivity contribution is 5.79. The molecule has 0 saturated carbocycles. The Morgan fingerprint density at radius 2 is 2.00 bits per heavy atom. The van der Waals surface area contributed by atoms with E-state index in [1.165, 1.54) is 41.6 Å². The zero-order valence-electron chi connectivity index (χ0n) is 17.1. The predicted octanol–water partition coefficient (Wildman–Crippen LogP) is 2.95. The molecule has 2 aromatic rings. The number of hydrogen-bond donors (Lipinski definition) is 1. The van der Waals surface area contributed by atoms with Crippen molar-refractivity contribution in [2.45, 2.75) is 63.8 Å². The van der Waals surface area contributed by atoms with Crippen LogP contribution in [0.3, 0.4) is 0 Å². The van der Waals surface area contributed by atoms with Crippen molar-refractivity contribution in [3.8, 4) is 0 Å². The van der Waals surface area contributed by atoms with E-state index in [2.05, 4.69) is 28.5 Å². The van der Waals surface area contributed by atoms with Gasteiger partial charge in [-0.15, -0.1) is 0 Å². The third-order valence-electron chi connectivity index (χ3n) is 6.73. The van der Waals surface area contributed by atoms with Crippen molar-refractivity contribution < 1.29 is 4.79 Å². The number of rotatable bonds is 3. The van der Waals surface area contributed by atoms with Gasteiger partial charge >= 0.3 is 0 Å². The van der Waals surface area contributed by atoms with E-state index in [1.807, 2.05) is 11.1 Å². The van der Waals surface area contributed by atoms with Crippen LogP contribution in [0.25, 0.3) is 0 Å². The average molecular weight is 391 g/mol. The maximum absolute atomic E-state index is 13.0. The SMILES string of the molecule is O=C(Cc1ccc2c(c1)CCCC2)N1CCC[C@H](c2ncc3c(n2)CCNC3)C1. The van der Waals surface area contributed by atoms with Gasteiger partial charge in [-0.25, -0.2) is 9.97 Å². The van der Waals surface area contributed by atoms with Crippen LogP contribution in [0.4, 0.5) is 0 Å². The molecule has 1 saturated heterocycles. The minimum absolute atomic E-state index is 0.243. The smallest absolute Gasteiger partial charge is 0.227 e. The zero-order chi connectivity index (χ0) is 19.6. The third-order valence-corrected chi connectivity index (χ3v) is 6.73. The van der Waals surface area contributed by atoms with Gasteiger partial charge in [0.15, 0.2) is 0 Å². The number of nitrogens with zero attached hydrogens (tertiary/aromatic N) is 3. The number of likely N-dealkylation sites (tertiary alicyclic amines) is 1. The number of aryl methyl sites for hydroxylation is 2. The van der Waals surface area contributed by atoms with E-state index in [4.69, 9.17) is 4.98 Å². The molecule has 1 amide bonds. The van der Waals surface area contributed by atoms with Crippen LogP contribution in [-0.4, -0.2) is 40.4 Å². The molecule has 5 nitrogen and oxygen atoms in total. The van der Waals surface area contributed by atoms with Gasteiger partial charge in [-0.05, 0) is 55.2 Å². The van der Waals surface area contributed by atoms with Gasteiger partial charge in [0.1, 0.15) is 5.82 Å². The Bertz CT molecular complexity index is 910. The van der Waals surface area contributed by atoms with Crippen molar-refractivity contribution in [3.63, 3.8) is 0 Å². The molecule has 1 aromatic heterocycles. The second-order valence-electron chi connectivity index (χ2n) is 8.79. The summed E-state index contributed by atoms with van der Waals surface area (Å²) in [5.41, 5.74) is 6.50. The van der Waals surface area contributed by atoms with Crippen LogP contribution in [-0.2, 0) is 37.0 Å². The monoisotopic (exact) mass is 390 g/mol. The summed E-state index contributed by atoms with van der Waals surface area (Å²) in [6, 6.07) is 6.67. The molecule has 0 bridgehead atoms. The number of fused-ring (bicyclic) bond motifs is 2. The third kappa shape index (κ3) is 4.06. The second kappa shape index (κ2) is 8.23. The highest BCUT2D eigenvalue weighted by atomic mass is 16.2. The molecule has 1 aliphatic carbocycles. The van der Waals surface area contributed by atoms with E-state index in [9.17, 15) is 4.79 Å². The molecule has 0 spiro atoms. The quantitative estimate of drug-likeness (QED) is 0.875. The topological polar surface area (TPSA) is 58.1 Å². The molecule has 0 radical (unpaired) electrons. The number of carbonyl (C=O) groups excluding carboxylic acids is 1. The molecule has 1 aromatic carbocycles. The standard InChI is InChI=1S/C24H30N4O/c29-23(13-17-7-8-18-4-1-2-5-19(18)12-17)28-11-3-6-20(16-28)24-26-15-21-14-25-10-9-22(21)27-24/h7-8,12,15,20,25H,1-6,9-11,13-14,16H2/t20-/m0/s1. The van der Waals surface area contributed by atoms with Gasteiger partial charge in [-0.2, -0.15) is 0 Å². The first-order chi connectivity index (χ1) is 14.3. The summed E-state index contributed by atoms with van der Waals surface area (Å²) < 4.78 is 0. The average Bonchev–Trinajstić information content (AvgIpc) is 2.79. The highest BCUT2D eigenvalue weighted by Gasteiger charge is 2.27. The van der Waals surface area contributed by atoms with E-state index in [0.717, 1.165) is 63.3 Å². The van der Waals surface area contributed by atoms with E-state index >= 15 is 0 Å². The summed E-state index contributed by atoms with van der Waals surface area (Å²) >= 11 is 0. The Balaban J connectivity index is 1.26. The Labute approximate surface area is 172 Å². The zero-order valence-corrected chi connectivity index (χ0v) is 17.1. The van der Waals surface area contributed by atoms with E-state index in [1.54, 1.807) is 0 Å². The van der Waals surface area contributed by atoms with Crippen LogP contribution in [0, 0.1) is 0 Å². The molecule has 0 unspecified atom stereocenters. The minimum atomic E-state index is 0.243. The van der Waals surface area contributed by atoms with Crippen LogP contribution in [0.2, 0.25) is 0 Å². The van der Waals surface area contributed by atoms with Crippen LogP contribution >= 0.6 is 0 Å². The number of aromatic nitrogens is 2. The molecule has 3 aliphatic rings. The van der Waals surface area contributed by atoms with Gasteiger partial charge < -0.3 is 10.2 Å². The van der Waals surface area contributed by atoms with Crippen LogP contribution in [0.5, 0.6) is 0 Å². The largest absolute Gasteiger partial charge is 0.342 e. The van der Waals surface area contributed by atoms with Crippen molar-refractivity contribution in [2.24, 2.45) is 0 Å². The fourth-order valence-electron chi connectivity index (χ4n) is 5.05.